The van der Waals surface area contributed by atoms with Gasteiger partial charge in [-0.1, -0.05) is 32.0 Å². The molecule has 1 aliphatic rings. The standard InChI is InChI=1S/C16H23F2N/c1-12(2)15-13(3)5-4-6-14(15)11-19-9-7-16(17,18)8-10-19/h4-6,12H,7-11H2,1-3H3. The van der Waals surface area contributed by atoms with Gasteiger partial charge in [0, 0.05) is 32.5 Å². The van der Waals surface area contributed by atoms with Crippen molar-refractivity contribution in [2.75, 3.05) is 13.1 Å². The van der Waals surface area contributed by atoms with Gasteiger partial charge in [0.2, 0.25) is 0 Å². The topological polar surface area (TPSA) is 3.24 Å². The molecule has 0 N–H and O–H groups in total. The van der Waals surface area contributed by atoms with E-state index in [4.69, 9.17) is 0 Å². The number of hydrogen-bond donors (Lipinski definition) is 0. The molecule has 0 radical (unpaired) electrons. The smallest absolute Gasteiger partial charge is 0.250 e. The third-order valence-electron chi connectivity index (χ3n) is 3.97. The van der Waals surface area contributed by atoms with Crippen LogP contribution < -0.4 is 0 Å². The Labute approximate surface area is 114 Å². The Morgan fingerprint density at radius 1 is 1.21 bits per heavy atom. The van der Waals surface area contributed by atoms with Gasteiger partial charge in [-0.15, -0.1) is 0 Å². The molecule has 1 heterocycles. The molecule has 0 amide bonds. The van der Waals surface area contributed by atoms with E-state index >= 15 is 0 Å². The number of halogens is 2. The maximum Gasteiger partial charge on any atom is 0.250 e. The van der Waals surface area contributed by atoms with Crippen molar-refractivity contribution in [3.63, 3.8) is 0 Å². The second kappa shape index (κ2) is 5.58. The minimum absolute atomic E-state index is 0.00414. The molecule has 1 fully saturated rings. The molecule has 106 valence electrons. The molecule has 0 unspecified atom stereocenters. The lowest BCUT2D eigenvalue weighted by Crippen LogP contribution is -2.39. The maximum atomic E-state index is 13.2. The van der Waals surface area contributed by atoms with Crippen LogP contribution in [0.2, 0.25) is 0 Å². The molecule has 0 aromatic heterocycles. The van der Waals surface area contributed by atoms with Gasteiger partial charge in [-0.05, 0) is 29.5 Å². The Hall–Kier alpha value is -0.960. The van der Waals surface area contributed by atoms with Crippen molar-refractivity contribution in [1.82, 2.24) is 4.90 Å². The lowest BCUT2D eigenvalue weighted by atomic mass is 9.92. The third-order valence-corrected chi connectivity index (χ3v) is 3.97. The molecule has 0 spiro atoms. The second-order valence-electron chi connectivity index (χ2n) is 5.93. The zero-order valence-corrected chi connectivity index (χ0v) is 12.0. The van der Waals surface area contributed by atoms with Crippen molar-refractivity contribution in [2.45, 2.75) is 52.0 Å². The summed E-state index contributed by atoms with van der Waals surface area (Å²) in [6, 6.07) is 6.33. The van der Waals surface area contributed by atoms with Crippen LogP contribution in [0.5, 0.6) is 0 Å². The highest BCUT2D eigenvalue weighted by Gasteiger charge is 2.33. The van der Waals surface area contributed by atoms with Gasteiger partial charge in [0.25, 0.3) is 5.92 Å². The molecule has 0 bridgehead atoms. The van der Waals surface area contributed by atoms with E-state index in [9.17, 15) is 8.78 Å². The lowest BCUT2D eigenvalue weighted by molar-refractivity contribution is -0.0567. The average molecular weight is 267 g/mol. The third kappa shape index (κ3) is 3.53. The fourth-order valence-electron chi connectivity index (χ4n) is 2.98. The summed E-state index contributed by atoms with van der Waals surface area (Å²) >= 11 is 0. The summed E-state index contributed by atoms with van der Waals surface area (Å²) in [6.07, 6.45) is -0.00828. The van der Waals surface area contributed by atoms with Crippen LogP contribution in [0.1, 0.15) is 49.3 Å². The first-order chi connectivity index (χ1) is 8.89. The van der Waals surface area contributed by atoms with E-state index in [2.05, 4.69) is 43.9 Å². The van der Waals surface area contributed by atoms with Crippen LogP contribution in [-0.2, 0) is 6.54 Å². The normalized spacial score (nSPS) is 19.9. The average Bonchev–Trinajstić information content (AvgIpc) is 2.31. The van der Waals surface area contributed by atoms with Crippen LogP contribution in [0.15, 0.2) is 18.2 Å². The summed E-state index contributed by atoms with van der Waals surface area (Å²) < 4.78 is 26.3. The summed E-state index contributed by atoms with van der Waals surface area (Å²) in [5.74, 6) is -1.98. The van der Waals surface area contributed by atoms with Gasteiger partial charge < -0.3 is 0 Å². The van der Waals surface area contributed by atoms with Crippen LogP contribution in [0, 0.1) is 6.92 Å². The van der Waals surface area contributed by atoms with Crippen molar-refractivity contribution in [2.24, 2.45) is 0 Å². The molecule has 1 aromatic carbocycles. The Morgan fingerprint density at radius 3 is 2.42 bits per heavy atom. The predicted molar refractivity (Wildman–Crippen MR) is 74.7 cm³/mol. The number of rotatable bonds is 3. The summed E-state index contributed by atoms with van der Waals surface area (Å²) in [4.78, 5) is 2.15. The fourth-order valence-corrected chi connectivity index (χ4v) is 2.98. The largest absolute Gasteiger partial charge is 0.299 e. The van der Waals surface area contributed by atoms with Gasteiger partial charge >= 0.3 is 0 Å². The van der Waals surface area contributed by atoms with E-state index in [0.29, 0.717) is 19.0 Å². The molecular weight excluding hydrogens is 244 g/mol. The van der Waals surface area contributed by atoms with Crippen molar-refractivity contribution in [3.05, 3.63) is 34.9 Å². The predicted octanol–water partition coefficient (Wildman–Crippen LogP) is 4.35. The van der Waals surface area contributed by atoms with Gasteiger partial charge in [-0.25, -0.2) is 8.78 Å². The molecule has 1 saturated heterocycles. The number of likely N-dealkylation sites (tertiary alicyclic amines) is 1. The summed E-state index contributed by atoms with van der Waals surface area (Å²) in [5.41, 5.74) is 3.97. The Morgan fingerprint density at radius 2 is 1.84 bits per heavy atom. The number of benzene rings is 1. The van der Waals surface area contributed by atoms with E-state index in [1.807, 2.05) is 0 Å². The molecule has 0 aliphatic carbocycles. The highest BCUT2D eigenvalue weighted by Crippen LogP contribution is 2.30. The molecule has 19 heavy (non-hydrogen) atoms. The van der Waals surface area contributed by atoms with Crippen LogP contribution in [-0.4, -0.2) is 23.9 Å². The van der Waals surface area contributed by atoms with Crippen LogP contribution in [0.4, 0.5) is 8.78 Å². The van der Waals surface area contributed by atoms with Crippen molar-refractivity contribution in [1.29, 1.82) is 0 Å². The molecule has 1 aliphatic heterocycles. The Kier molecular flexibility index (Phi) is 4.24. The molecule has 1 nitrogen and oxygen atoms in total. The van der Waals surface area contributed by atoms with Gasteiger partial charge in [0.15, 0.2) is 0 Å². The number of nitrogens with zero attached hydrogens (tertiary/aromatic N) is 1. The van der Waals surface area contributed by atoms with E-state index in [0.717, 1.165) is 6.54 Å². The van der Waals surface area contributed by atoms with Gasteiger partial charge in [0.05, 0.1) is 0 Å². The number of piperidine rings is 1. The molecular formula is C16H23F2N. The quantitative estimate of drug-likeness (QED) is 0.787. The first kappa shape index (κ1) is 14.4. The van der Waals surface area contributed by atoms with Crippen LogP contribution in [0.3, 0.4) is 0 Å². The zero-order chi connectivity index (χ0) is 14.0. The number of hydrogen-bond acceptors (Lipinski definition) is 1. The molecule has 0 atom stereocenters. The molecule has 1 aromatic rings. The van der Waals surface area contributed by atoms with Crippen molar-refractivity contribution in [3.8, 4) is 0 Å². The minimum Gasteiger partial charge on any atom is -0.299 e. The molecule has 0 saturated carbocycles. The SMILES string of the molecule is Cc1cccc(CN2CCC(F)(F)CC2)c1C(C)C. The second-order valence-corrected chi connectivity index (χ2v) is 5.93. The highest BCUT2D eigenvalue weighted by atomic mass is 19.3. The first-order valence-electron chi connectivity index (χ1n) is 7.07. The van der Waals surface area contributed by atoms with Crippen molar-refractivity contribution >= 4 is 0 Å². The van der Waals surface area contributed by atoms with Crippen molar-refractivity contribution < 1.29 is 8.78 Å². The van der Waals surface area contributed by atoms with E-state index in [1.54, 1.807) is 0 Å². The van der Waals surface area contributed by atoms with Crippen LogP contribution in [0.25, 0.3) is 0 Å². The summed E-state index contributed by atoms with van der Waals surface area (Å²) in [6.45, 7) is 8.30. The van der Waals surface area contributed by atoms with E-state index in [-0.39, 0.29) is 12.8 Å². The molecule has 2 rings (SSSR count). The fraction of sp³-hybridized carbons (Fsp3) is 0.625. The first-order valence-corrected chi connectivity index (χ1v) is 7.07. The summed E-state index contributed by atoms with van der Waals surface area (Å²) in [7, 11) is 0. The van der Waals surface area contributed by atoms with Gasteiger partial charge in [-0.3, -0.25) is 4.90 Å². The number of aryl methyl sites for hydroxylation is 1. The minimum atomic E-state index is -2.45. The monoisotopic (exact) mass is 267 g/mol. The number of alkyl halides is 2. The van der Waals surface area contributed by atoms with Gasteiger partial charge in [-0.2, -0.15) is 0 Å². The van der Waals surface area contributed by atoms with E-state index < -0.39 is 5.92 Å². The zero-order valence-electron chi connectivity index (χ0n) is 12.0. The molecule has 3 heteroatoms. The Bertz CT molecular complexity index is 430. The summed E-state index contributed by atoms with van der Waals surface area (Å²) in [5, 5.41) is 0. The lowest BCUT2D eigenvalue weighted by Gasteiger charge is -2.32. The van der Waals surface area contributed by atoms with Crippen LogP contribution >= 0.6 is 0 Å². The van der Waals surface area contributed by atoms with Gasteiger partial charge in [0.1, 0.15) is 0 Å². The van der Waals surface area contributed by atoms with E-state index in [1.165, 1.54) is 16.7 Å². The Balaban J connectivity index is 2.10. The maximum absolute atomic E-state index is 13.2. The highest BCUT2D eigenvalue weighted by molar-refractivity contribution is 5.36.